The van der Waals surface area contributed by atoms with Crippen molar-refractivity contribution in [1.29, 1.82) is 0 Å². The van der Waals surface area contributed by atoms with Crippen molar-refractivity contribution in [2.45, 2.75) is 12.5 Å². The van der Waals surface area contributed by atoms with E-state index >= 15 is 0 Å². The predicted octanol–water partition coefficient (Wildman–Crippen LogP) is 0.0904. The molecule has 10 heavy (non-hydrogen) atoms. The van der Waals surface area contributed by atoms with Gasteiger partial charge in [0.2, 0.25) is 0 Å². The molecule has 0 aromatic carbocycles. The van der Waals surface area contributed by atoms with E-state index in [4.69, 9.17) is 14.6 Å². The first-order chi connectivity index (χ1) is 4.84. The number of oxazole rings is 1. The Morgan fingerprint density at radius 3 is 3.00 bits per heavy atom. The van der Waals surface area contributed by atoms with Crippen LogP contribution in [0.4, 0.5) is 0 Å². The van der Waals surface area contributed by atoms with Gasteiger partial charge >= 0.3 is 0 Å². The Balaban J connectivity index is 2.50. The highest BCUT2D eigenvalue weighted by molar-refractivity contribution is 4.92. The van der Waals surface area contributed by atoms with E-state index in [1.165, 1.54) is 12.6 Å². The second-order valence-corrected chi connectivity index (χ2v) is 1.93. The van der Waals surface area contributed by atoms with Crippen LogP contribution in [0, 0.1) is 0 Å². The molecule has 4 heteroatoms. The Bertz CT molecular complexity index is 173. The summed E-state index contributed by atoms with van der Waals surface area (Å²) >= 11 is 0. The van der Waals surface area contributed by atoms with Crippen LogP contribution in [0.3, 0.4) is 0 Å². The van der Waals surface area contributed by atoms with E-state index in [0.717, 1.165) is 0 Å². The van der Waals surface area contributed by atoms with Gasteiger partial charge in [-0.25, -0.2) is 4.98 Å². The van der Waals surface area contributed by atoms with Gasteiger partial charge in [0, 0.05) is 13.0 Å². The van der Waals surface area contributed by atoms with Crippen LogP contribution in [-0.2, 0) is 0 Å². The maximum Gasteiger partial charge on any atom is 0.180 e. The summed E-state index contributed by atoms with van der Waals surface area (Å²) in [5.74, 6) is 0.397. The van der Waals surface area contributed by atoms with Crippen LogP contribution in [0.25, 0.3) is 0 Å². The first-order valence-electron chi connectivity index (χ1n) is 3.02. The van der Waals surface area contributed by atoms with E-state index < -0.39 is 6.10 Å². The fraction of sp³-hybridized carbons (Fsp3) is 0.500. The minimum atomic E-state index is -0.729. The maximum atomic E-state index is 9.12. The molecule has 0 spiro atoms. The van der Waals surface area contributed by atoms with Crippen molar-refractivity contribution < 1.29 is 14.6 Å². The molecule has 1 rings (SSSR count). The Labute approximate surface area is 58.1 Å². The van der Waals surface area contributed by atoms with Crippen molar-refractivity contribution >= 4 is 0 Å². The molecule has 1 unspecified atom stereocenters. The number of rotatable bonds is 3. The van der Waals surface area contributed by atoms with Gasteiger partial charge in [-0.2, -0.15) is 0 Å². The molecule has 0 saturated heterocycles. The van der Waals surface area contributed by atoms with Crippen LogP contribution in [0.5, 0.6) is 0 Å². The number of hydrogen-bond acceptors (Lipinski definition) is 4. The summed E-state index contributed by atoms with van der Waals surface area (Å²) in [4.78, 5) is 3.62. The minimum absolute atomic E-state index is 0.0537. The van der Waals surface area contributed by atoms with Gasteiger partial charge in [-0.1, -0.05) is 0 Å². The van der Waals surface area contributed by atoms with Gasteiger partial charge in [0.05, 0.1) is 6.20 Å². The summed E-state index contributed by atoms with van der Waals surface area (Å²) < 4.78 is 4.78. The normalized spacial score (nSPS) is 13.4. The SMILES string of the molecule is OCCC(O)c1cnco1. The van der Waals surface area contributed by atoms with Crippen molar-refractivity contribution in [3.8, 4) is 0 Å². The lowest BCUT2D eigenvalue weighted by Crippen LogP contribution is -1.97. The van der Waals surface area contributed by atoms with Crippen molar-refractivity contribution in [3.05, 3.63) is 18.4 Å². The first kappa shape index (κ1) is 7.24. The second-order valence-electron chi connectivity index (χ2n) is 1.93. The van der Waals surface area contributed by atoms with Crippen LogP contribution in [0.15, 0.2) is 17.0 Å². The smallest absolute Gasteiger partial charge is 0.180 e. The van der Waals surface area contributed by atoms with Crippen LogP contribution >= 0.6 is 0 Å². The Kier molecular flexibility index (Phi) is 2.42. The van der Waals surface area contributed by atoms with Crippen molar-refractivity contribution in [1.82, 2.24) is 4.98 Å². The molecule has 0 fully saturated rings. The third-order valence-corrected chi connectivity index (χ3v) is 1.18. The molecule has 2 N–H and O–H groups in total. The van der Waals surface area contributed by atoms with E-state index in [9.17, 15) is 0 Å². The van der Waals surface area contributed by atoms with Crippen molar-refractivity contribution in [2.75, 3.05) is 6.61 Å². The van der Waals surface area contributed by atoms with Gasteiger partial charge in [0.25, 0.3) is 0 Å². The largest absolute Gasteiger partial charge is 0.446 e. The molecule has 56 valence electrons. The molecule has 0 aliphatic heterocycles. The summed E-state index contributed by atoms with van der Waals surface area (Å²) in [6.07, 6.45) is 2.23. The van der Waals surface area contributed by atoms with E-state index in [0.29, 0.717) is 5.76 Å². The fourth-order valence-corrected chi connectivity index (χ4v) is 0.655. The van der Waals surface area contributed by atoms with Crippen molar-refractivity contribution in [2.24, 2.45) is 0 Å². The van der Waals surface area contributed by atoms with Crippen LogP contribution in [0.1, 0.15) is 18.3 Å². The summed E-state index contributed by atoms with van der Waals surface area (Å²) in [5.41, 5.74) is 0. The van der Waals surface area contributed by atoms with Crippen molar-refractivity contribution in [3.63, 3.8) is 0 Å². The molecular weight excluding hydrogens is 134 g/mol. The van der Waals surface area contributed by atoms with Crippen LogP contribution in [0.2, 0.25) is 0 Å². The predicted molar refractivity (Wildman–Crippen MR) is 33.2 cm³/mol. The lowest BCUT2D eigenvalue weighted by atomic mass is 10.2. The van der Waals surface area contributed by atoms with Crippen LogP contribution < -0.4 is 0 Å². The van der Waals surface area contributed by atoms with Gasteiger partial charge in [0.15, 0.2) is 12.2 Å². The number of aliphatic hydroxyl groups is 2. The van der Waals surface area contributed by atoms with E-state index in [2.05, 4.69) is 4.98 Å². The third kappa shape index (κ3) is 1.55. The lowest BCUT2D eigenvalue weighted by molar-refractivity contribution is 0.113. The van der Waals surface area contributed by atoms with E-state index in [1.54, 1.807) is 0 Å². The van der Waals surface area contributed by atoms with E-state index in [1.807, 2.05) is 0 Å². The average molecular weight is 143 g/mol. The molecule has 0 radical (unpaired) electrons. The zero-order chi connectivity index (χ0) is 7.40. The molecule has 1 aromatic rings. The zero-order valence-corrected chi connectivity index (χ0v) is 5.40. The molecule has 1 heterocycles. The Hall–Kier alpha value is -0.870. The number of hydrogen-bond donors (Lipinski definition) is 2. The summed E-state index contributed by atoms with van der Waals surface area (Å²) in [7, 11) is 0. The van der Waals surface area contributed by atoms with Gasteiger partial charge in [-0.05, 0) is 0 Å². The topological polar surface area (TPSA) is 66.5 Å². The monoisotopic (exact) mass is 143 g/mol. The highest BCUT2D eigenvalue weighted by Gasteiger charge is 2.08. The van der Waals surface area contributed by atoms with Crippen LogP contribution in [-0.4, -0.2) is 21.8 Å². The molecule has 1 atom stereocenters. The lowest BCUT2D eigenvalue weighted by Gasteiger charge is -2.01. The minimum Gasteiger partial charge on any atom is -0.446 e. The Morgan fingerprint density at radius 2 is 2.50 bits per heavy atom. The molecule has 0 saturated carbocycles. The zero-order valence-electron chi connectivity index (χ0n) is 5.40. The summed E-state index contributed by atoms with van der Waals surface area (Å²) in [6, 6.07) is 0. The fourth-order valence-electron chi connectivity index (χ4n) is 0.655. The van der Waals surface area contributed by atoms with Gasteiger partial charge in [0.1, 0.15) is 6.10 Å². The first-order valence-corrected chi connectivity index (χ1v) is 3.02. The highest BCUT2D eigenvalue weighted by Crippen LogP contribution is 2.13. The molecule has 1 aromatic heterocycles. The standard InChI is InChI=1S/C6H9NO3/c8-2-1-5(9)6-3-7-4-10-6/h3-5,8-9H,1-2H2. The molecular formula is C6H9NO3. The van der Waals surface area contributed by atoms with Gasteiger partial charge < -0.3 is 14.6 Å². The molecule has 0 bridgehead atoms. The van der Waals surface area contributed by atoms with E-state index in [-0.39, 0.29) is 13.0 Å². The summed E-state index contributed by atoms with van der Waals surface area (Å²) in [5, 5.41) is 17.5. The molecule has 0 aliphatic rings. The van der Waals surface area contributed by atoms with Gasteiger partial charge in [-0.15, -0.1) is 0 Å². The highest BCUT2D eigenvalue weighted by atomic mass is 16.4. The Morgan fingerprint density at radius 1 is 1.70 bits per heavy atom. The van der Waals surface area contributed by atoms with Gasteiger partial charge in [-0.3, -0.25) is 0 Å². The number of aromatic nitrogens is 1. The maximum absolute atomic E-state index is 9.12. The number of nitrogens with zero attached hydrogens (tertiary/aromatic N) is 1. The average Bonchev–Trinajstić information content (AvgIpc) is 2.38. The third-order valence-electron chi connectivity index (χ3n) is 1.18. The number of aliphatic hydroxyl groups excluding tert-OH is 2. The molecule has 0 aliphatic carbocycles. The quantitative estimate of drug-likeness (QED) is 0.629. The molecule has 4 nitrogen and oxygen atoms in total. The second kappa shape index (κ2) is 3.34. The molecule has 0 amide bonds. The summed E-state index contributed by atoms with van der Waals surface area (Å²) in [6.45, 7) is -0.0537.